The Kier molecular flexibility index (Phi) is 11.3. The summed E-state index contributed by atoms with van der Waals surface area (Å²) < 4.78 is 6.05. The average molecular weight is 551 g/mol. The van der Waals surface area contributed by atoms with Gasteiger partial charge in [0.1, 0.15) is 11.9 Å². The van der Waals surface area contributed by atoms with Crippen molar-refractivity contribution in [2.75, 3.05) is 6.54 Å². The average Bonchev–Trinajstić information content (AvgIpc) is 3.03. The highest BCUT2D eigenvalue weighted by atomic mass is 16.5. The summed E-state index contributed by atoms with van der Waals surface area (Å²) in [6, 6.07) is 26.2. The van der Waals surface area contributed by atoms with E-state index in [1.807, 2.05) is 61.5 Å². The summed E-state index contributed by atoms with van der Waals surface area (Å²) in [6.45, 7) is 4.49. The lowest BCUT2D eigenvalue weighted by Crippen LogP contribution is -2.40. The van der Waals surface area contributed by atoms with Crippen LogP contribution in [0.3, 0.4) is 0 Å². The lowest BCUT2D eigenvalue weighted by molar-refractivity contribution is -0.123. The maximum absolute atomic E-state index is 13.2. The summed E-state index contributed by atoms with van der Waals surface area (Å²) in [6.07, 6.45) is 8.91. The topological polar surface area (TPSA) is 79.2 Å². The molecule has 3 aromatic rings. The number of Topliss-reactive ketones (excluding diaryl/α,β-unsaturated/α-hetero) is 1. The fourth-order valence-corrected chi connectivity index (χ4v) is 5.79. The van der Waals surface area contributed by atoms with Crippen LogP contribution < -0.4 is 5.32 Å². The highest BCUT2D eigenvalue weighted by molar-refractivity contribution is 5.90. The molecule has 0 radical (unpaired) electrons. The van der Waals surface area contributed by atoms with Gasteiger partial charge in [-0.2, -0.15) is 5.26 Å². The molecule has 0 spiro atoms. The van der Waals surface area contributed by atoms with Gasteiger partial charge in [-0.05, 0) is 79.5 Å². The quantitative estimate of drug-likeness (QED) is 0.172. The van der Waals surface area contributed by atoms with Crippen molar-refractivity contribution in [1.82, 2.24) is 5.32 Å². The normalized spacial score (nSPS) is 18.2. The molecule has 0 bridgehead atoms. The van der Waals surface area contributed by atoms with Crippen LogP contribution in [0.1, 0.15) is 92.8 Å². The number of ketones is 1. The van der Waals surface area contributed by atoms with Crippen molar-refractivity contribution in [3.63, 3.8) is 0 Å². The van der Waals surface area contributed by atoms with E-state index >= 15 is 0 Å². The van der Waals surface area contributed by atoms with Gasteiger partial charge in [0.2, 0.25) is 0 Å². The Morgan fingerprint density at radius 3 is 2.15 bits per heavy atom. The standard InChI is InChI=1S/C36H42N2O3/c1-3-4-6-9-27-12-18-31(19-13-27)34(39)25-38-26(2)35(32-10-7-5-8-11-32)41-36(40)33-22-20-30(21-23-33)29-16-14-28(24-37)15-17-29/h5,7-8,10-11,14-17,20-23,26-27,31,35,38H,3-4,6,9,12-13,18-19,25H2,1-2H3/t26-,27?,31?,35+/m1/s1. The van der Waals surface area contributed by atoms with E-state index in [0.29, 0.717) is 11.1 Å². The Morgan fingerprint density at radius 1 is 0.902 bits per heavy atom. The number of hydrogen-bond acceptors (Lipinski definition) is 5. The van der Waals surface area contributed by atoms with Crippen molar-refractivity contribution >= 4 is 11.8 Å². The molecule has 4 rings (SSSR count). The molecule has 0 unspecified atom stereocenters. The number of rotatable bonds is 13. The monoisotopic (exact) mass is 550 g/mol. The molecule has 214 valence electrons. The number of nitrogens with zero attached hydrogens (tertiary/aromatic N) is 1. The molecule has 3 aromatic carbocycles. The second kappa shape index (κ2) is 15.3. The van der Waals surface area contributed by atoms with E-state index in [1.54, 1.807) is 24.3 Å². The van der Waals surface area contributed by atoms with Crippen LogP contribution in [0, 0.1) is 23.2 Å². The van der Waals surface area contributed by atoms with Gasteiger partial charge >= 0.3 is 5.97 Å². The van der Waals surface area contributed by atoms with Crippen LogP contribution in [-0.2, 0) is 9.53 Å². The fourth-order valence-electron chi connectivity index (χ4n) is 5.79. The lowest BCUT2D eigenvalue weighted by atomic mass is 9.78. The molecule has 1 aliphatic carbocycles. The minimum Gasteiger partial charge on any atom is -0.452 e. The molecule has 1 fully saturated rings. The number of carbonyl (C=O) groups is 2. The molecule has 1 N–H and O–H groups in total. The van der Waals surface area contributed by atoms with Crippen molar-refractivity contribution in [3.05, 3.63) is 95.6 Å². The third kappa shape index (κ3) is 8.62. The predicted molar refractivity (Wildman–Crippen MR) is 163 cm³/mol. The van der Waals surface area contributed by atoms with Crippen LogP contribution in [0.15, 0.2) is 78.9 Å². The number of nitriles is 1. The van der Waals surface area contributed by atoms with E-state index in [0.717, 1.165) is 48.3 Å². The van der Waals surface area contributed by atoms with E-state index in [4.69, 9.17) is 10.00 Å². The third-order valence-electron chi connectivity index (χ3n) is 8.40. The number of hydrogen-bond donors (Lipinski definition) is 1. The number of esters is 1. The highest BCUT2D eigenvalue weighted by Crippen LogP contribution is 2.32. The Balaban J connectivity index is 1.35. The summed E-state index contributed by atoms with van der Waals surface area (Å²) in [5.74, 6) is 0.758. The van der Waals surface area contributed by atoms with Gasteiger partial charge in [0.25, 0.3) is 0 Å². The highest BCUT2D eigenvalue weighted by Gasteiger charge is 2.28. The first-order valence-corrected chi connectivity index (χ1v) is 15.1. The Morgan fingerprint density at radius 2 is 1.54 bits per heavy atom. The molecule has 0 aromatic heterocycles. The zero-order chi connectivity index (χ0) is 29.0. The van der Waals surface area contributed by atoms with Crippen molar-refractivity contribution in [3.8, 4) is 17.2 Å². The molecular formula is C36H42N2O3. The van der Waals surface area contributed by atoms with Gasteiger partial charge in [-0.1, -0.05) is 87.2 Å². The number of carbonyl (C=O) groups excluding carboxylic acids is 2. The molecule has 1 saturated carbocycles. The molecule has 2 atom stereocenters. The van der Waals surface area contributed by atoms with Crippen LogP contribution in [0.5, 0.6) is 0 Å². The maximum Gasteiger partial charge on any atom is 0.338 e. The molecule has 0 aliphatic heterocycles. The molecule has 1 aliphatic rings. The van der Waals surface area contributed by atoms with E-state index in [-0.39, 0.29) is 24.3 Å². The van der Waals surface area contributed by atoms with Gasteiger partial charge < -0.3 is 10.1 Å². The molecule has 0 amide bonds. The second-order valence-electron chi connectivity index (χ2n) is 11.4. The van der Waals surface area contributed by atoms with Gasteiger partial charge in [-0.25, -0.2) is 4.79 Å². The van der Waals surface area contributed by atoms with Crippen LogP contribution in [0.2, 0.25) is 0 Å². The predicted octanol–water partition coefficient (Wildman–Crippen LogP) is 8.06. The Hall–Kier alpha value is -3.75. The second-order valence-corrected chi connectivity index (χ2v) is 11.4. The molecular weight excluding hydrogens is 508 g/mol. The Labute approximate surface area is 244 Å². The number of nitrogens with one attached hydrogen (secondary N) is 1. The number of benzene rings is 3. The van der Waals surface area contributed by atoms with Crippen LogP contribution >= 0.6 is 0 Å². The molecule has 41 heavy (non-hydrogen) atoms. The first-order valence-electron chi connectivity index (χ1n) is 15.1. The largest absolute Gasteiger partial charge is 0.452 e. The third-order valence-corrected chi connectivity index (χ3v) is 8.40. The molecule has 0 heterocycles. The van der Waals surface area contributed by atoms with Crippen molar-refractivity contribution in [2.24, 2.45) is 11.8 Å². The van der Waals surface area contributed by atoms with Crippen molar-refractivity contribution < 1.29 is 14.3 Å². The summed E-state index contributed by atoms with van der Waals surface area (Å²) in [4.78, 5) is 26.3. The van der Waals surface area contributed by atoms with Crippen LogP contribution in [-0.4, -0.2) is 24.3 Å². The van der Waals surface area contributed by atoms with E-state index in [2.05, 4.69) is 18.3 Å². The lowest BCUT2D eigenvalue weighted by Gasteiger charge is -2.29. The summed E-state index contributed by atoms with van der Waals surface area (Å²) in [7, 11) is 0. The molecule has 5 nitrogen and oxygen atoms in total. The van der Waals surface area contributed by atoms with Crippen LogP contribution in [0.25, 0.3) is 11.1 Å². The zero-order valence-electron chi connectivity index (χ0n) is 24.4. The van der Waals surface area contributed by atoms with Gasteiger partial charge in [0.15, 0.2) is 0 Å². The minimum absolute atomic E-state index is 0.129. The van der Waals surface area contributed by atoms with Gasteiger partial charge in [0, 0.05) is 12.0 Å². The van der Waals surface area contributed by atoms with Gasteiger partial charge in [0.05, 0.1) is 23.7 Å². The molecule has 0 saturated heterocycles. The summed E-state index contributed by atoms with van der Waals surface area (Å²) >= 11 is 0. The van der Waals surface area contributed by atoms with Gasteiger partial charge in [-0.3, -0.25) is 4.79 Å². The van der Waals surface area contributed by atoms with E-state index in [9.17, 15) is 9.59 Å². The van der Waals surface area contributed by atoms with Gasteiger partial charge in [-0.15, -0.1) is 0 Å². The summed E-state index contributed by atoms with van der Waals surface area (Å²) in [5, 5.41) is 12.4. The smallest absolute Gasteiger partial charge is 0.338 e. The number of ether oxygens (including phenoxy) is 1. The van der Waals surface area contributed by atoms with E-state index < -0.39 is 12.1 Å². The maximum atomic E-state index is 13.2. The minimum atomic E-state index is -0.538. The van der Waals surface area contributed by atoms with Crippen molar-refractivity contribution in [2.45, 2.75) is 77.4 Å². The zero-order valence-corrected chi connectivity index (χ0v) is 24.4. The Bertz CT molecular complexity index is 1290. The fraction of sp³-hybridized carbons (Fsp3) is 0.417. The SMILES string of the molecule is CCCCCC1CCC(C(=O)CN[C@H](C)[C@H](OC(=O)c2ccc(-c3ccc(C#N)cc3)cc2)c2ccccc2)CC1. The first kappa shape index (κ1) is 30.2. The number of unbranched alkanes of at least 4 members (excludes halogenated alkanes) is 2. The summed E-state index contributed by atoms with van der Waals surface area (Å²) in [5.41, 5.74) is 3.88. The first-order chi connectivity index (χ1) is 20.0. The van der Waals surface area contributed by atoms with E-state index in [1.165, 1.54) is 25.7 Å². The van der Waals surface area contributed by atoms with Crippen molar-refractivity contribution in [1.29, 1.82) is 5.26 Å². The van der Waals surface area contributed by atoms with Crippen LogP contribution in [0.4, 0.5) is 0 Å². The molecule has 5 heteroatoms.